The number of aromatic amines is 1. The topological polar surface area (TPSA) is 108 Å². The van der Waals surface area contributed by atoms with Crippen LogP contribution in [0, 0.1) is 0 Å². The summed E-state index contributed by atoms with van der Waals surface area (Å²) in [7, 11) is 0. The van der Waals surface area contributed by atoms with Crippen LogP contribution in [-0.4, -0.2) is 38.7 Å². The Morgan fingerprint density at radius 1 is 1.39 bits per heavy atom. The molecule has 1 aromatic rings. The molecule has 0 atom stereocenters. The zero-order valence-corrected chi connectivity index (χ0v) is 10.4. The first-order valence-electron chi connectivity index (χ1n) is 5.55. The predicted molar refractivity (Wildman–Crippen MR) is 63.7 cm³/mol. The number of aryl methyl sites for hydroxylation is 1. The Morgan fingerprint density at radius 3 is 2.67 bits per heavy atom. The predicted octanol–water partition coefficient (Wildman–Crippen LogP) is 0.275. The van der Waals surface area contributed by atoms with Crippen LogP contribution in [0.15, 0.2) is 17.5 Å². The third-order valence-electron chi connectivity index (χ3n) is 2.56. The van der Waals surface area contributed by atoms with E-state index in [9.17, 15) is 9.59 Å². The molecule has 7 heteroatoms. The number of aliphatic carboxylic acids is 1. The number of aromatic nitrogens is 3. The summed E-state index contributed by atoms with van der Waals surface area (Å²) in [5.74, 6) is -0.671. The quantitative estimate of drug-likeness (QED) is 0.497. The van der Waals surface area contributed by atoms with Crippen LogP contribution in [0.2, 0.25) is 0 Å². The largest absolute Gasteiger partial charge is 0.478 e. The van der Waals surface area contributed by atoms with Gasteiger partial charge < -0.3 is 10.4 Å². The van der Waals surface area contributed by atoms with Gasteiger partial charge in [-0.05, 0) is 20.3 Å². The lowest BCUT2D eigenvalue weighted by molar-refractivity contribution is -0.133. The van der Waals surface area contributed by atoms with Gasteiger partial charge in [-0.25, -0.2) is 9.78 Å². The van der Waals surface area contributed by atoms with Gasteiger partial charge in [-0.1, -0.05) is 0 Å². The van der Waals surface area contributed by atoms with E-state index in [1.165, 1.54) is 20.2 Å². The molecular formula is C11H16N4O3. The lowest BCUT2D eigenvalue weighted by atomic mass is 10.1. The van der Waals surface area contributed by atoms with Gasteiger partial charge in [0, 0.05) is 24.1 Å². The van der Waals surface area contributed by atoms with Crippen molar-refractivity contribution in [3.63, 3.8) is 0 Å². The highest BCUT2D eigenvalue weighted by Gasteiger charge is 2.11. The molecule has 1 heterocycles. The van der Waals surface area contributed by atoms with Crippen molar-refractivity contribution in [3.05, 3.63) is 23.3 Å². The molecule has 1 rings (SSSR count). The summed E-state index contributed by atoms with van der Waals surface area (Å²) in [4.78, 5) is 26.2. The van der Waals surface area contributed by atoms with Crippen molar-refractivity contribution in [3.8, 4) is 0 Å². The number of carbonyl (C=O) groups is 2. The van der Waals surface area contributed by atoms with Gasteiger partial charge in [0.05, 0.1) is 0 Å². The van der Waals surface area contributed by atoms with E-state index in [-0.39, 0.29) is 17.1 Å². The highest BCUT2D eigenvalue weighted by molar-refractivity contribution is 6.01. The van der Waals surface area contributed by atoms with E-state index in [2.05, 4.69) is 20.5 Å². The molecule has 3 N–H and O–H groups in total. The van der Waals surface area contributed by atoms with Gasteiger partial charge in [0.1, 0.15) is 12.2 Å². The summed E-state index contributed by atoms with van der Waals surface area (Å²) in [5, 5.41) is 17.8. The third kappa shape index (κ3) is 4.00. The van der Waals surface area contributed by atoms with Crippen molar-refractivity contribution in [1.82, 2.24) is 20.5 Å². The number of H-pyrrole nitrogens is 1. The van der Waals surface area contributed by atoms with E-state index in [1.54, 1.807) is 0 Å². The summed E-state index contributed by atoms with van der Waals surface area (Å²) in [6.07, 6.45) is 2.82. The lowest BCUT2D eigenvalue weighted by Gasteiger charge is -2.06. The average molecular weight is 252 g/mol. The van der Waals surface area contributed by atoms with Crippen LogP contribution in [-0.2, 0) is 16.0 Å². The molecule has 1 aromatic heterocycles. The number of nitrogens with one attached hydrogen (secondary N) is 2. The van der Waals surface area contributed by atoms with Crippen LogP contribution >= 0.6 is 0 Å². The van der Waals surface area contributed by atoms with Crippen LogP contribution in [0.5, 0.6) is 0 Å². The first-order chi connectivity index (χ1) is 8.52. The highest BCUT2D eigenvalue weighted by atomic mass is 16.4. The summed E-state index contributed by atoms with van der Waals surface area (Å²) in [6.45, 7) is 3.37. The van der Waals surface area contributed by atoms with Crippen molar-refractivity contribution in [2.24, 2.45) is 0 Å². The van der Waals surface area contributed by atoms with Crippen LogP contribution in [0.4, 0.5) is 0 Å². The van der Waals surface area contributed by atoms with Gasteiger partial charge in [0.2, 0.25) is 5.91 Å². The molecular weight excluding hydrogens is 236 g/mol. The number of carboxylic acids is 1. The Labute approximate surface area is 104 Å². The minimum absolute atomic E-state index is 0.0581. The maximum Gasteiger partial charge on any atom is 0.331 e. The van der Waals surface area contributed by atoms with Crippen molar-refractivity contribution >= 4 is 11.9 Å². The normalized spacial score (nSPS) is 11.9. The number of nitrogens with zero attached hydrogens (tertiary/aromatic N) is 2. The maximum absolute atomic E-state index is 11.6. The average Bonchev–Trinajstić information content (AvgIpc) is 2.85. The second-order valence-electron chi connectivity index (χ2n) is 3.85. The van der Waals surface area contributed by atoms with E-state index >= 15 is 0 Å². The Morgan fingerprint density at radius 2 is 2.11 bits per heavy atom. The van der Waals surface area contributed by atoms with Gasteiger partial charge in [-0.3, -0.25) is 9.89 Å². The summed E-state index contributed by atoms with van der Waals surface area (Å²) in [5.41, 5.74) is 0.282. The lowest BCUT2D eigenvalue weighted by Crippen LogP contribution is -2.27. The Hall–Kier alpha value is -2.18. The number of rotatable bonds is 6. The fraction of sp³-hybridized carbons (Fsp3) is 0.455. The molecule has 0 radical (unpaired) electrons. The molecule has 98 valence electrons. The zero-order chi connectivity index (χ0) is 13.5. The van der Waals surface area contributed by atoms with Crippen molar-refractivity contribution < 1.29 is 14.7 Å². The first-order valence-corrected chi connectivity index (χ1v) is 5.55. The smallest absolute Gasteiger partial charge is 0.331 e. The zero-order valence-electron chi connectivity index (χ0n) is 10.4. The molecule has 0 spiro atoms. The van der Waals surface area contributed by atoms with E-state index in [1.807, 2.05) is 0 Å². The van der Waals surface area contributed by atoms with Crippen LogP contribution < -0.4 is 5.32 Å². The molecule has 0 bridgehead atoms. The second kappa shape index (κ2) is 6.53. The van der Waals surface area contributed by atoms with Gasteiger partial charge >= 0.3 is 5.97 Å². The van der Waals surface area contributed by atoms with E-state index in [4.69, 9.17) is 5.11 Å². The minimum Gasteiger partial charge on any atom is -0.478 e. The number of hydrogen-bond acceptors (Lipinski definition) is 4. The highest BCUT2D eigenvalue weighted by Crippen LogP contribution is 2.03. The minimum atomic E-state index is -1.08. The fourth-order valence-corrected chi connectivity index (χ4v) is 1.27. The molecule has 0 saturated heterocycles. The molecule has 0 aliphatic heterocycles. The number of carbonyl (C=O) groups excluding carboxylic acids is 1. The molecule has 0 aromatic carbocycles. The third-order valence-corrected chi connectivity index (χ3v) is 2.56. The van der Waals surface area contributed by atoms with Crippen LogP contribution in [0.25, 0.3) is 0 Å². The molecule has 0 saturated carbocycles. The van der Waals surface area contributed by atoms with Crippen LogP contribution in [0.1, 0.15) is 26.1 Å². The molecule has 1 amide bonds. The maximum atomic E-state index is 11.6. The molecule has 0 unspecified atom stereocenters. The number of hydrogen-bond donors (Lipinski definition) is 3. The second-order valence-corrected chi connectivity index (χ2v) is 3.85. The standard InChI is InChI=1S/C11H16N4O3/c1-7(8(2)11(17)18)10(16)12-5-3-4-9-13-6-14-15-9/h6H,3-5H2,1-2H3,(H,12,16)(H,17,18)(H,13,14,15). The Kier molecular flexibility index (Phi) is 5.04. The van der Waals surface area contributed by atoms with Crippen molar-refractivity contribution in [1.29, 1.82) is 0 Å². The molecule has 18 heavy (non-hydrogen) atoms. The molecule has 0 aliphatic carbocycles. The van der Waals surface area contributed by atoms with Crippen molar-refractivity contribution in [2.45, 2.75) is 26.7 Å². The summed E-state index contributed by atoms with van der Waals surface area (Å²) < 4.78 is 0. The number of amides is 1. The van der Waals surface area contributed by atoms with Gasteiger partial charge in [0.25, 0.3) is 0 Å². The fourth-order valence-electron chi connectivity index (χ4n) is 1.27. The summed E-state index contributed by atoms with van der Waals surface area (Å²) >= 11 is 0. The SMILES string of the molecule is CC(C(=O)O)=C(C)C(=O)NCCCc1ncn[nH]1. The van der Waals surface area contributed by atoms with Crippen LogP contribution in [0.3, 0.4) is 0 Å². The van der Waals surface area contributed by atoms with Gasteiger partial charge in [-0.2, -0.15) is 5.10 Å². The Balaban J connectivity index is 2.33. The Bertz CT molecular complexity index is 451. The molecule has 7 nitrogen and oxygen atoms in total. The summed E-state index contributed by atoms with van der Waals surface area (Å²) in [6, 6.07) is 0. The van der Waals surface area contributed by atoms with E-state index in [0.717, 1.165) is 5.82 Å². The van der Waals surface area contributed by atoms with Crippen molar-refractivity contribution in [2.75, 3.05) is 6.54 Å². The van der Waals surface area contributed by atoms with E-state index < -0.39 is 5.97 Å². The first kappa shape index (κ1) is 13.9. The van der Waals surface area contributed by atoms with Gasteiger partial charge in [0.15, 0.2) is 0 Å². The van der Waals surface area contributed by atoms with E-state index in [0.29, 0.717) is 19.4 Å². The molecule has 0 fully saturated rings. The number of carboxylic acid groups (broad SMARTS) is 1. The molecule has 0 aliphatic rings. The monoisotopic (exact) mass is 252 g/mol. The van der Waals surface area contributed by atoms with Gasteiger partial charge in [-0.15, -0.1) is 0 Å².